The van der Waals surface area contributed by atoms with Crippen molar-refractivity contribution in [2.24, 2.45) is 0 Å². The van der Waals surface area contributed by atoms with Gasteiger partial charge in [0.2, 0.25) is 0 Å². The van der Waals surface area contributed by atoms with E-state index in [0.717, 1.165) is 32.2 Å². The highest BCUT2D eigenvalue weighted by Gasteiger charge is 2.49. The molecule has 0 amide bonds. The summed E-state index contributed by atoms with van der Waals surface area (Å²) in [5, 5.41) is 11.7. The summed E-state index contributed by atoms with van der Waals surface area (Å²) in [5.41, 5.74) is 0.779. The van der Waals surface area contributed by atoms with Crippen LogP contribution in [-0.4, -0.2) is 81.6 Å². The van der Waals surface area contributed by atoms with E-state index in [9.17, 15) is 4.39 Å². The van der Waals surface area contributed by atoms with Crippen LogP contribution in [0.5, 0.6) is 6.01 Å². The van der Waals surface area contributed by atoms with Crippen LogP contribution < -0.4 is 15.0 Å². The molecule has 220 valence electrons. The van der Waals surface area contributed by atoms with Gasteiger partial charge >= 0.3 is 6.01 Å². The summed E-state index contributed by atoms with van der Waals surface area (Å²) < 4.78 is 53.4. The van der Waals surface area contributed by atoms with Gasteiger partial charge in [0.15, 0.2) is 5.82 Å². The minimum atomic E-state index is -0.901. The van der Waals surface area contributed by atoms with Crippen molar-refractivity contribution in [2.75, 3.05) is 37.7 Å². The average Bonchev–Trinajstić information content (AvgIpc) is 3.73. The maximum Gasteiger partial charge on any atom is 0.319 e. The Labute approximate surface area is 245 Å². The van der Waals surface area contributed by atoms with E-state index in [1.807, 2.05) is 0 Å². The molecule has 6 heterocycles. The van der Waals surface area contributed by atoms with Gasteiger partial charge < -0.3 is 15.0 Å². The Hall–Kier alpha value is -3.15. The van der Waals surface area contributed by atoms with Gasteiger partial charge in [0.25, 0.3) is 0 Å². The van der Waals surface area contributed by atoms with Crippen molar-refractivity contribution < 1.29 is 17.9 Å². The Morgan fingerprint density at radius 1 is 1.10 bits per heavy atom. The fourth-order valence-corrected chi connectivity index (χ4v) is 8.00. The summed E-state index contributed by atoms with van der Waals surface area (Å²) in [7, 11) is 0. The summed E-state index contributed by atoms with van der Waals surface area (Å²) in [4.78, 5) is 13.5. The number of ether oxygens (including phenoxy) is 1. The lowest BCUT2D eigenvalue weighted by atomic mass is 9.94. The number of fused-ring (bicyclic) bond motifs is 5. The number of rotatable bonds is 5. The summed E-state index contributed by atoms with van der Waals surface area (Å²) in [6, 6.07) is 3.59. The van der Waals surface area contributed by atoms with E-state index in [4.69, 9.17) is 21.3 Å². The van der Waals surface area contributed by atoms with Crippen molar-refractivity contribution in [1.29, 1.82) is 0 Å². The molecule has 0 aliphatic carbocycles. The zero-order valence-corrected chi connectivity index (χ0v) is 23.9. The predicted molar refractivity (Wildman–Crippen MR) is 155 cm³/mol. The standard InChI is InChI=1S/C30H31ClF3N7O/c1-15-21(31)8-23-20(10-35-39-23)24(15)25-22(33)7-19-27(26(25)34)37-29(38-28(19)40-12-17-3-4-18(13-40)36-17)42-14-30-5-2-6-41(30)11-16(32)9-30/h7-8,10,16-18,36H,2-6,9,11-14H2,1H3,(H,35,39)/t16-,17-,18+,30+/m1/s1. The number of halogens is 4. The second-order valence-corrected chi connectivity index (χ2v) is 12.8. The van der Waals surface area contributed by atoms with Crippen molar-refractivity contribution >= 4 is 39.2 Å². The minimum absolute atomic E-state index is 0.0136. The van der Waals surface area contributed by atoms with Gasteiger partial charge in [-0.05, 0) is 56.8 Å². The number of nitrogens with zero attached hydrogens (tertiary/aromatic N) is 5. The zero-order chi connectivity index (χ0) is 28.7. The summed E-state index contributed by atoms with van der Waals surface area (Å²) in [6.45, 7) is 4.50. The normalized spacial score (nSPS) is 27.5. The number of aromatic nitrogens is 4. The number of alkyl halides is 1. The molecule has 4 fully saturated rings. The molecule has 2 aromatic carbocycles. The van der Waals surface area contributed by atoms with E-state index in [2.05, 4.69) is 30.3 Å². The molecule has 0 radical (unpaired) electrons. The molecule has 8 rings (SSSR count). The number of piperazine rings is 1. The van der Waals surface area contributed by atoms with Gasteiger partial charge in [-0.3, -0.25) is 10.00 Å². The number of nitrogens with one attached hydrogen (secondary N) is 2. The average molecular weight is 598 g/mol. The van der Waals surface area contributed by atoms with Gasteiger partial charge in [0.05, 0.1) is 22.8 Å². The second-order valence-electron chi connectivity index (χ2n) is 12.4. The van der Waals surface area contributed by atoms with E-state index in [0.29, 0.717) is 58.9 Å². The highest BCUT2D eigenvalue weighted by atomic mass is 35.5. The van der Waals surface area contributed by atoms with Crippen LogP contribution in [0.3, 0.4) is 0 Å². The van der Waals surface area contributed by atoms with Crippen molar-refractivity contribution in [3.63, 3.8) is 0 Å². The Bertz CT molecular complexity index is 1720. The lowest BCUT2D eigenvalue weighted by molar-refractivity contribution is 0.107. The molecule has 8 nitrogen and oxygen atoms in total. The molecule has 0 spiro atoms. The van der Waals surface area contributed by atoms with Gasteiger partial charge in [-0.2, -0.15) is 15.1 Å². The molecule has 4 aliphatic heterocycles. The molecule has 12 heteroatoms. The fourth-order valence-electron chi connectivity index (χ4n) is 7.80. The Balaban J connectivity index is 1.28. The van der Waals surface area contributed by atoms with Crippen LogP contribution in [0.25, 0.3) is 32.9 Å². The largest absolute Gasteiger partial charge is 0.461 e. The third-order valence-corrected chi connectivity index (χ3v) is 10.2. The van der Waals surface area contributed by atoms with Crippen LogP contribution in [0.15, 0.2) is 18.3 Å². The third kappa shape index (κ3) is 4.07. The number of anilines is 1. The molecule has 4 saturated heterocycles. The van der Waals surface area contributed by atoms with Crippen LogP contribution in [0, 0.1) is 18.6 Å². The Morgan fingerprint density at radius 2 is 1.90 bits per heavy atom. The number of H-pyrrole nitrogens is 1. The van der Waals surface area contributed by atoms with Crippen LogP contribution >= 0.6 is 11.6 Å². The number of benzene rings is 2. The van der Waals surface area contributed by atoms with E-state index in [-0.39, 0.29) is 41.2 Å². The lowest BCUT2D eigenvalue weighted by Crippen LogP contribution is -2.51. The Morgan fingerprint density at radius 3 is 2.71 bits per heavy atom. The third-order valence-electron chi connectivity index (χ3n) is 9.78. The van der Waals surface area contributed by atoms with Crippen molar-refractivity contribution in [1.82, 2.24) is 30.4 Å². The molecule has 4 aliphatic rings. The van der Waals surface area contributed by atoms with E-state index >= 15 is 8.78 Å². The van der Waals surface area contributed by atoms with E-state index in [1.165, 1.54) is 6.07 Å². The van der Waals surface area contributed by atoms with Crippen molar-refractivity contribution in [2.45, 2.75) is 62.8 Å². The van der Waals surface area contributed by atoms with Crippen LogP contribution in [0.1, 0.15) is 37.7 Å². The number of aromatic amines is 1. The molecule has 42 heavy (non-hydrogen) atoms. The maximum absolute atomic E-state index is 16.7. The topological polar surface area (TPSA) is 82.2 Å². The Kier molecular flexibility index (Phi) is 6.10. The molecule has 2 N–H and O–H groups in total. The number of hydrogen-bond acceptors (Lipinski definition) is 7. The maximum atomic E-state index is 16.7. The molecular formula is C30H31ClF3N7O. The van der Waals surface area contributed by atoms with Gasteiger partial charge in [-0.15, -0.1) is 0 Å². The highest BCUT2D eigenvalue weighted by molar-refractivity contribution is 6.33. The number of hydrogen-bond donors (Lipinski definition) is 2. The zero-order valence-electron chi connectivity index (χ0n) is 23.2. The van der Waals surface area contributed by atoms with Crippen molar-refractivity contribution in [3.05, 3.63) is 40.6 Å². The molecule has 0 unspecified atom stereocenters. The summed E-state index contributed by atoms with van der Waals surface area (Å²) in [5.74, 6) is -1.09. The molecule has 2 aromatic heterocycles. The lowest BCUT2D eigenvalue weighted by Gasteiger charge is -2.34. The smallest absolute Gasteiger partial charge is 0.319 e. The first kappa shape index (κ1) is 26.5. The quantitative estimate of drug-likeness (QED) is 0.323. The second kappa shape index (κ2) is 9.68. The molecule has 4 aromatic rings. The first-order valence-electron chi connectivity index (χ1n) is 14.6. The van der Waals surface area contributed by atoms with Crippen LogP contribution in [0.4, 0.5) is 19.0 Å². The van der Waals surface area contributed by atoms with Gasteiger partial charge in [0, 0.05) is 59.5 Å². The van der Waals surface area contributed by atoms with Gasteiger partial charge in [0.1, 0.15) is 29.9 Å². The van der Waals surface area contributed by atoms with E-state index in [1.54, 1.807) is 19.2 Å². The molecule has 0 saturated carbocycles. The highest BCUT2D eigenvalue weighted by Crippen LogP contribution is 2.43. The van der Waals surface area contributed by atoms with Gasteiger partial charge in [-0.1, -0.05) is 11.6 Å². The first-order chi connectivity index (χ1) is 20.3. The summed E-state index contributed by atoms with van der Waals surface area (Å²) in [6.07, 6.45) is 4.92. The molecule has 4 atom stereocenters. The fraction of sp³-hybridized carbons (Fsp3) is 0.500. The molecule has 2 bridgehead atoms. The monoisotopic (exact) mass is 597 g/mol. The summed E-state index contributed by atoms with van der Waals surface area (Å²) >= 11 is 6.48. The van der Waals surface area contributed by atoms with Crippen molar-refractivity contribution in [3.8, 4) is 17.1 Å². The SMILES string of the molecule is Cc1c(Cl)cc2[nH]ncc2c1-c1c(F)cc2c(N3C[C@H]4CC[C@@H](C3)N4)nc(OC[C@@]34CCCN3C[C@H](F)C4)nc2c1F. The first-order valence-corrected chi connectivity index (χ1v) is 15.0. The van der Waals surface area contributed by atoms with Crippen LogP contribution in [-0.2, 0) is 0 Å². The minimum Gasteiger partial charge on any atom is -0.461 e. The van der Waals surface area contributed by atoms with E-state index < -0.39 is 23.3 Å². The van der Waals surface area contributed by atoms with Gasteiger partial charge in [-0.25, -0.2) is 13.2 Å². The predicted octanol–water partition coefficient (Wildman–Crippen LogP) is 5.31. The molecular weight excluding hydrogens is 567 g/mol. The van der Waals surface area contributed by atoms with Crippen LogP contribution in [0.2, 0.25) is 5.02 Å².